The summed E-state index contributed by atoms with van der Waals surface area (Å²) in [5.74, 6) is -0.915. The van der Waals surface area contributed by atoms with Crippen molar-refractivity contribution in [1.82, 2.24) is 10.6 Å². The van der Waals surface area contributed by atoms with Gasteiger partial charge in [-0.1, -0.05) is 18.2 Å². The number of rotatable bonds is 6. The minimum atomic E-state index is -0.915. The maximum absolute atomic E-state index is 11.6. The molecule has 0 spiro atoms. The number of carboxylic acids is 1. The molecule has 0 heterocycles. The molecule has 0 radical (unpaired) electrons. The third kappa shape index (κ3) is 3.47. The molecule has 1 aromatic carbocycles. The lowest BCUT2D eigenvalue weighted by molar-refractivity contribution is -0.385. The van der Waals surface area contributed by atoms with E-state index in [1.54, 1.807) is 18.2 Å². The number of urea groups is 1. The second kappa shape index (κ2) is 5.78. The first-order chi connectivity index (χ1) is 9.94. The number of amides is 2. The van der Waals surface area contributed by atoms with Crippen LogP contribution in [0.25, 0.3) is 0 Å². The molecule has 0 bridgehead atoms. The van der Waals surface area contributed by atoms with Gasteiger partial charge in [-0.15, -0.1) is 0 Å². The Bertz CT molecular complexity index is 583. The monoisotopic (exact) mass is 293 g/mol. The van der Waals surface area contributed by atoms with Crippen LogP contribution in [0, 0.1) is 15.5 Å². The van der Waals surface area contributed by atoms with Gasteiger partial charge in [-0.05, 0) is 12.8 Å². The van der Waals surface area contributed by atoms with Crippen LogP contribution < -0.4 is 10.6 Å². The molecule has 1 aliphatic rings. The largest absolute Gasteiger partial charge is 0.481 e. The fourth-order valence-electron chi connectivity index (χ4n) is 1.94. The smallest absolute Gasteiger partial charge is 0.315 e. The Kier molecular flexibility index (Phi) is 4.06. The van der Waals surface area contributed by atoms with E-state index < -0.39 is 22.3 Å². The summed E-state index contributed by atoms with van der Waals surface area (Å²) in [4.78, 5) is 32.9. The van der Waals surface area contributed by atoms with Crippen molar-refractivity contribution >= 4 is 17.7 Å². The van der Waals surface area contributed by atoms with Crippen LogP contribution in [0.5, 0.6) is 0 Å². The Labute approximate surface area is 120 Å². The normalized spacial score (nSPS) is 15.0. The highest BCUT2D eigenvalue weighted by Crippen LogP contribution is 2.45. The molecule has 0 unspecified atom stereocenters. The SMILES string of the molecule is O=C(NCc1ccccc1[N+](=O)[O-])NCC1(C(=O)O)CC1. The molecule has 1 aliphatic carbocycles. The quantitative estimate of drug-likeness (QED) is 0.538. The molecule has 1 fully saturated rings. The molecule has 1 aromatic rings. The second-order valence-electron chi connectivity index (χ2n) is 5.01. The molecule has 112 valence electrons. The number of carbonyl (C=O) groups excluding carboxylic acids is 1. The van der Waals surface area contributed by atoms with Gasteiger partial charge in [0.2, 0.25) is 0 Å². The highest BCUT2D eigenvalue weighted by atomic mass is 16.6. The summed E-state index contributed by atoms with van der Waals surface area (Å²) in [7, 11) is 0. The highest BCUT2D eigenvalue weighted by Gasteiger charge is 2.50. The van der Waals surface area contributed by atoms with Gasteiger partial charge in [0.15, 0.2) is 0 Å². The molecule has 2 amide bonds. The van der Waals surface area contributed by atoms with Crippen LogP contribution in [0.3, 0.4) is 0 Å². The first-order valence-corrected chi connectivity index (χ1v) is 6.42. The van der Waals surface area contributed by atoms with E-state index in [1.807, 2.05) is 0 Å². The zero-order valence-corrected chi connectivity index (χ0v) is 11.2. The van der Waals surface area contributed by atoms with Gasteiger partial charge in [-0.2, -0.15) is 0 Å². The number of nitro groups is 1. The Balaban J connectivity index is 1.85. The van der Waals surface area contributed by atoms with Crippen LogP contribution in [0.4, 0.5) is 10.5 Å². The molecule has 0 aromatic heterocycles. The Morgan fingerprint density at radius 1 is 1.29 bits per heavy atom. The number of para-hydroxylation sites is 1. The average molecular weight is 293 g/mol. The summed E-state index contributed by atoms with van der Waals surface area (Å²) in [5, 5.41) is 24.8. The van der Waals surface area contributed by atoms with E-state index in [0.29, 0.717) is 18.4 Å². The molecule has 8 heteroatoms. The minimum Gasteiger partial charge on any atom is -0.481 e. The third-order valence-corrected chi connectivity index (χ3v) is 3.52. The molecule has 21 heavy (non-hydrogen) atoms. The van der Waals surface area contributed by atoms with E-state index in [9.17, 15) is 19.7 Å². The predicted octanol–water partition coefficient (Wildman–Crippen LogP) is 1.26. The Hall–Kier alpha value is -2.64. The van der Waals surface area contributed by atoms with Crippen molar-refractivity contribution < 1.29 is 19.6 Å². The first-order valence-electron chi connectivity index (χ1n) is 6.42. The number of carboxylic acid groups (broad SMARTS) is 1. The predicted molar refractivity (Wildman–Crippen MR) is 72.6 cm³/mol. The zero-order valence-electron chi connectivity index (χ0n) is 11.2. The van der Waals surface area contributed by atoms with E-state index in [2.05, 4.69) is 10.6 Å². The molecule has 0 atom stereocenters. The highest BCUT2D eigenvalue weighted by molar-refractivity contribution is 5.80. The van der Waals surface area contributed by atoms with E-state index in [1.165, 1.54) is 6.07 Å². The third-order valence-electron chi connectivity index (χ3n) is 3.52. The standard InChI is InChI=1S/C13H15N3O5/c17-11(18)13(5-6-13)8-15-12(19)14-7-9-3-1-2-4-10(9)16(20)21/h1-4H,5-8H2,(H,17,18)(H2,14,15,19). The van der Waals surface area contributed by atoms with Crippen molar-refractivity contribution in [3.63, 3.8) is 0 Å². The van der Waals surface area contributed by atoms with Gasteiger partial charge >= 0.3 is 12.0 Å². The summed E-state index contributed by atoms with van der Waals surface area (Å²) in [6, 6.07) is 5.56. The Morgan fingerprint density at radius 3 is 2.52 bits per heavy atom. The fourth-order valence-corrected chi connectivity index (χ4v) is 1.94. The van der Waals surface area contributed by atoms with Crippen molar-refractivity contribution in [2.24, 2.45) is 5.41 Å². The van der Waals surface area contributed by atoms with Crippen LogP contribution in [0.2, 0.25) is 0 Å². The Morgan fingerprint density at radius 2 is 1.95 bits per heavy atom. The number of aliphatic carboxylic acids is 1. The van der Waals surface area contributed by atoms with E-state index in [0.717, 1.165) is 0 Å². The number of nitrogens with one attached hydrogen (secondary N) is 2. The number of hydrogen-bond donors (Lipinski definition) is 3. The van der Waals surface area contributed by atoms with Gasteiger partial charge in [0, 0.05) is 18.2 Å². The molecule has 3 N–H and O–H groups in total. The van der Waals surface area contributed by atoms with E-state index >= 15 is 0 Å². The maximum atomic E-state index is 11.6. The first kappa shape index (κ1) is 14.8. The van der Waals surface area contributed by atoms with Gasteiger partial charge in [-0.25, -0.2) is 4.79 Å². The number of benzene rings is 1. The molecule has 0 saturated heterocycles. The van der Waals surface area contributed by atoms with Gasteiger partial charge in [0.05, 0.1) is 16.9 Å². The maximum Gasteiger partial charge on any atom is 0.315 e. The summed E-state index contributed by atoms with van der Waals surface area (Å²) in [6.07, 6.45) is 1.10. The van der Waals surface area contributed by atoms with E-state index in [4.69, 9.17) is 5.11 Å². The molecular weight excluding hydrogens is 278 g/mol. The lowest BCUT2D eigenvalue weighted by atomic mass is 10.1. The van der Waals surface area contributed by atoms with Crippen molar-refractivity contribution in [2.45, 2.75) is 19.4 Å². The molecule has 0 aliphatic heterocycles. The summed E-state index contributed by atoms with van der Waals surface area (Å²) in [6.45, 7) is 0.0636. The van der Waals surface area contributed by atoms with Crippen molar-refractivity contribution in [1.29, 1.82) is 0 Å². The fraction of sp³-hybridized carbons (Fsp3) is 0.385. The number of carbonyl (C=O) groups is 2. The molecule has 8 nitrogen and oxygen atoms in total. The summed E-state index contributed by atoms with van der Waals surface area (Å²) < 4.78 is 0. The van der Waals surface area contributed by atoms with Crippen molar-refractivity contribution in [3.05, 3.63) is 39.9 Å². The lowest BCUT2D eigenvalue weighted by Crippen LogP contribution is -2.40. The number of hydrogen-bond acceptors (Lipinski definition) is 4. The van der Waals surface area contributed by atoms with Crippen LogP contribution in [-0.2, 0) is 11.3 Å². The zero-order chi connectivity index (χ0) is 15.5. The second-order valence-corrected chi connectivity index (χ2v) is 5.01. The summed E-state index contributed by atoms with van der Waals surface area (Å²) in [5.41, 5.74) is -0.519. The lowest BCUT2D eigenvalue weighted by Gasteiger charge is -2.12. The van der Waals surface area contributed by atoms with Crippen LogP contribution in [0.15, 0.2) is 24.3 Å². The number of nitrogens with zero attached hydrogens (tertiary/aromatic N) is 1. The molecular formula is C13H15N3O5. The van der Waals surface area contributed by atoms with Gasteiger partial charge in [0.1, 0.15) is 0 Å². The van der Waals surface area contributed by atoms with E-state index in [-0.39, 0.29) is 18.8 Å². The number of nitro benzene ring substituents is 1. The summed E-state index contributed by atoms with van der Waals surface area (Å²) >= 11 is 0. The molecule has 1 saturated carbocycles. The van der Waals surface area contributed by atoms with Crippen molar-refractivity contribution in [3.8, 4) is 0 Å². The topological polar surface area (TPSA) is 122 Å². The van der Waals surface area contributed by atoms with Gasteiger partial charge in [0.25, 0.3) is 5.69 Å². The molecule has 2 rings (SSSR count). The average Bonchev–Trinajstić information content (AvgIpc) is 3.24. The van der Waals surface area contributed by atoms with Crippen LogP contribution in [0.1, 0.15) is 18.4 Å². The van der Waals surface area contributed by atoms with Gasteiger partial charge in [-0.3, -0.25) is 14.9 Å². The van der Waals surface area contributed by atoms with Crippen molar-refractivity contribution in [2.75, 3.05) is 6.54 Å². The minimum absolute atomic E-state index is 0.00303. The van der Waals surface area contributed by atoms with Crippen LogP contribution in [-0.4, -0.2) is 28.6 Å². The van der Waals surface area contributed by atoms with Gasteiger partial charge < -0.3 is 15.7 Å². The van der Waals surface area contributed by atoms with Crippen LogP contribution >= 0.6 is 0 Å².